The lowest BCUT2D eigenvalue weighted by Crippen LogP contribution is -1.98. The van der Waals surface area contributed by atoms with E-state index < -0.39 is 0 Å². The Morgan fingerprint density at radius 1 is 0.958 bits per heavy atom. The van der Waals surface area contributed by atoms with Crippen LogP contribution in [0.1, 0.15) is 5.56 Å². The molecule has 2 N–H and O–H groups in total. The highest BCUT2D eigenvalue weighted by Crippen LogP contribution is 2.34. The average molecular weight is 323 g/mol. The van der Waals surface area contributed by atoms with Crippen molar-refractivity contribution < 1.29 is 13.9 Å². The van der Waals surface area contributed by atoms with E-state index in [2.05, 4.69) is 0 Å². The molecule has 0 bridgehead atoms. The third kappa shape index (κ3) is 3.66. The number of nitrogens with two attached hydrogens (primary N) is 1. The zero-order valence-corrected chi connectivity index (χ0v) is 13.3. The van der Waals surface area contributed by atoms with Crippen molar-refractivity contribution in [3.05, 3.63) is 78.1 Å². The third-order valence-electron chi connectivity index (χ3n) is 3.66. The van der Waals surface area contributed by atoms with Gasteiger partial charge >= 0.3 is 0 Å². The maximum atomic E-state index is 13.8. The highest BCUT2D eigenvalue weighted by molar-refractivity contribution is 5.75. The molecule has 0 spiro atoms. The van der Waals surface area contributed by atoms with Gasteiger partial charge in [0.1, 0.15) is 23.9 Å². The first-order valence-electron chi connectivity index (χ1n) is 7.57. The molecule has 0 fully saturated rings. The normalized spacial score (nSPS) is 10.4. The summed E-state index contributed by atoms with van der Waals surface area (Å²) in [6.45, 7) is 0.421. The molecule has 0 unspecified atom stereocenters. The van der Waals surface area contributed by atoms with E-state index in [1.807, 2.05) is 30.3 Å². The molecular weight excluding hydrogens is 305 g/mol. The first-order chi connectivity index (χ1) is 11.7. The van der Waals surface area contributed by atoms with Crippen molar-refractivity contribution in [2.75, 3.05) is 12.8 Å². The molecule has 0 amide bonds. The van der Waals surface area contributed by atoms with Crippen LogP contribution in [0, 0.1) is 5.82 Å². The van der Waals surface area contributed by atoms with Crippen LogP contribution >= 0.6 is 0 Å². The van der Waals surface area contributed by atoms with Gasteiger partial charge in [0.2, 0.25) is 0 Å². The lowest BCUT2D eigenvalue weighted by atomic mass is 10.0. The maximum Gasteiger partial charge on any atom is 0.127 e. The quantitative estimate of drug-likeness (QED) is 0.694. The number of benzene rings is 3. The summed E-state index contributed by atoms with van der Waals surface area (Å²) in [5.74, 6) is 0.711. The van der Waals surface area contributed by atoms with Crippen LogP contribution in [0.4, 0.5) is 10.1 Å². The molecule has 0 radical (unpaired) electrons. The Kier molecular flexibility index (Phi) is 4.66. The fourth-order valence-electron chi connectivity index (χ4n) is 2.47. The van der Waals surface area contributed by atoms with Crippen LogP contribution in [0.15, 0.2) is 66.7 Å². The summed E-state index contributed by atoms with van der Waals surface area (Å²) in [6, 6.07) is 19.7. The molecule has 0 aromatic heterocycles. The van der Waals surface area contributed by atoms with Crippen molar-refractivity contribution in [1.82, 2.24) is 0 Å². The number of hydrogen-bond donors (Lipinski definition) is 1. The Bertz CT molecular complexity index is 834. The maximum absolute atomic E-state index is 13.8. The van der Waals surface area contributed by atoms with E-state index in [0.29, 0.717) is 29.4 Å². The SMILES string of the molecule is COc1cc(F)cc(-c2cc(N)ccc2OCc2ccccc2)c1. The molecule has 0 atom stereocenters. The van der Waals surface area contributed by atoms with E-state index in [1.165, 1.54) is 19.2 Å². The van der Waals surface area contributed by atoms with E-state index in [4.69, 9.17) is 15.2 Å². The average Bonchev–Trinajstić information content (AvgIpc) is 2.61. The van der Waals surface area contributed by atoms with Crippen LogP contribution < -0.4 is 15.2 Å². The molecule has 3 rings (SSSR count). The molecule has 0 saturated carbocycles. The zero-order chi connectivity index (χ0) is 16.9. The molecule has 122 valence electrons. The molecule has 0 heterocycles. The van der Waals surface area contributed by atoms with Crippen molar-refractivity contribution in [3.63, 3.8) is 0 Å². The second-order valence-corrected chi connectivity index (χ2v) is 5.41. The molecule has 4 heteroatoms. The van der Waals surface area contributed by atoms with Gasteiger partial charge in [0.25, 0.3) is 0 Å². The second kappa shape index (κ2) is 7.04. The van der Waals surface area contributed by atoms with Gasteiger partial charge in [0.15, 0.2) is 0 Å². The number of anilines is 1. The molecule has 0 aliphatic rings. The van der Waals surface area contributed by atoms with E-state index in [9.17, 15) is 4.39 Å². The molecule has 0 aliphatic carbocycles. The summed E-state index contributed by atoms with van der Waals surface area (Å²) >= 11 is 0. The van der Waals surface area contributed by atoms with Gasteiger partial charge in [-0.2, -0.15) is 0 Å². The Hall–Kier alpha value is -3.01. The van der Waals surface area contributed by atoms with Crippen LogP contribution in [0.25, 0.3) is 11.1 Å². The topological polar surface area (TPSA) is 44.5 Å². The predicted molar refractivity (Wildman–Crippen MR) is 93.6 cm³/mol. The third-order valence-corrected chi connectivity index (χ3v) is 3.66. The fourth-order valence-corrected chi connectivity index (χ4v) is 2.47. The Morgan fingerprint density at radius 3 is 2.50 bits per heavy atom. The molecule has 0 saturated heterocycles. The Balaban J connectivity index is 1.95. The monoisotopic (exact) mass is 323 g/mol. The number of rotatable bonds is 5. The van der Waals surface area contributed by atoms with Crippen molar-refractivity contribution in [1.29, 1.82) is 0 Å². The minimum atomic E-state index is -0.374. The standard InChI is InChI=1S/C20H18FNO2/c1-23-18-10-15(9-16(21)11-18)19-12-17(22)7-8-20(19)24-13-14-5-3-2-4-6-14/h2-12H,13,22H2,1H3. The van der Waals surface area contributed by atoms with Gasteiger partial charge in [-0.1, -0.05) is 30.3 Å². The smallest absolute Gasteiger partial charge is 0.127 e. The van der Waals surface area contributed by atoms with Gasteiger partial charge < -0.3 is 15.2 Å². The zero-order valence-electron chi connectivity index (χ0n) is 13.3. The van der Waals surface area contributed by atoms with E-state index in [0.717, 1.165) is 11.1 Å². The van der Waals surface area contributed by atoms with Gasteiger partial charge in [-0.15, -0.1) is 0 Å². The minimum absolute atomic E-state index is 0.374. The molecule has 0 aliphatic heterocycles. The van der Waals surface area contributed by atoms with Crippen molar-refractivity contribution in [2.45, 2.75) is 6.61 Å². The van der Waals surface area contributed by atoms with Crippen LogP contribution in [-0.4, -0.2) is 7.11 Å². The molecule has 24 heavy (non-hydrogen) atoms. The van der Waals surface area contributed by atoms with Crippen LogP contribution in [0.3, 0.4) is 0 Å². The fraction of sp³-hybridized carbons (Fsp3) is 0.100. The Labute approximate surface area is 140 Å². The van der Waals surface area contributed by atoms with Gasteiger partial charge in [0, 0.05) is 17.3 Å². The first-order valence-corrected chi connectivity index (χ1v) is 7.57. The summed E-state index contributed by atoms with van der Waals surface area (Å²) in [5, 5.41) is 0. The van der Waals surface area contributed by atoms with Crippen molar-refractivity contribution >= 4 is 5.69 Å². The van der Waals surface area contributed by atoms with E-state index >= 15 is 0 Å². The van der Waals surface area contributed by atoms with Crippen molar-refractivity contribution in [3.8, 4) is 22.6 Å². The van der Waals surface area contributed by atoms with Gasteiger partial charge in [-0.3, -0.25) is 0 Å². The Morgan fingerprint density at radius 2 is 1.75 bits per heavy atom. The summed E-state index contributed by atoms with van der Waals surface area (Å²) in [5.41, 5.74) is 8.92. The number of nitrogen functional groups attached to an aromatic ring is 1. The molecular formula is C20H18FNO2. The number of ether oxygens (including phenoxy) is 2. The predicted octanol–water partition coefficient (Wildman–Crippen LogP) is 4.66. The van der Waals surface area contributed by atoms with Crippen molar-refractivity contribution in [2.24, 2.45) is 0 Å². The highest BCUT2D eigenvalue weighted by Gasteiger charge is 2.10. The molecule has 3 nitrogen and oxygen atoms in total. The number of hydrogen-bond acceptors (Lipinski definition) is 3. The van der Waals surface area contributed by atoms with Gasteiger partial charge in [0.05, 0.1) is 7.11 Å². The number of halogens is 1. The van der Waals surface area contributed by atoms with Gasteiger partial charge in [-0.05, 0) is 41.5 Å². The largest absolute Gasteiger partial charge is 0.497 e. The van der Waals surface area contributed by atoms with E-state index in [1.54, 1.807) is 24.3 Å². The summed E-state index contributed by atoms with van der Waals surface area (Å²) < 4.78 is 24.9. The second-order valence-electron chi connectivity index (χ2n) is 5.41. The van der Waals surface area contributed by atoms with Gasteiger partial charge in [-0.25, -0.2) is 4.39 Å². The minimum Gasteiger partial charge on any atom is -0.497 e. The summed E-state index contributed by atoms with van der Waals surface area (Å²) in [4.78, 5) is 0. The van der Waals surface area contributed by atoms with Crippen LogP contribution in [0.5, 0.6) is 11.5 Å². The first kappa shape index (κ1) is 15.9. The molecule has 3 aromatic rings. The van der Waals surface area contributed by atoms with E-state index in [-0.39, 0.29) is 5.82 Å². The van der Waals surface area contributed by atoms with Crippen LogP contribution in [0.2, 0.25) is 0 Å². The highest BCUT2D eigenvalue weighted by atomic mass is 19.1. The summed E-state index contributed by atoms with van der Waals surface area (Å²) in [6.07, 6.45) is 0. The lowest BCUT2D eigenvalue weighted by Gasteiger charge is -2.14. The number of methoxy groups -OCH3 is 1. The lowest BCUT2D eigenvalue weighted by molar-refractivity contribution is 0.307. The van der Waals surface area contributed by atoms with Crippen LogP contribution in [-0.2, 0) is 6.61 Å². The molecule has 3 aromatic carbocycles. The summed E-state index contributed by atoms with van der Waals surface area (Å²) in [7, 11) is 1.50.